The Labute approximate surface area is 124 Å². The average molecular weight is 288 g/mol. The standard InChI is InChI=1S/C16H20N2O3/c1-2-7-13-12-15(18-17-13)16(19)21-11-6-10-20-14-8-4-3-5-9-14/h3-5,8-9,12H,2,6-7,10-11H2,1H3,(H,17,18). The second-order valence-electron chi connectivity index (χ2n) is 4.68. The molecule has 21 heavy (non-hydrogen) atoms. The first kappa shape index (κ1) is 15.1. The minimum absolute atomic E-state index is 0.321. The number of carbonyl (C=O) groups excluding carboxylic acids is 1. The summed E-state index contributed by atoms with van der Waals surface area (Å²) in [7, 11) is 0. The van der Waals surface area contributed by atoms with Gasteiger partial charge in [-0.3, -0.25) is 5.10 Å². The Balaban J connectivity index is 1.64. The van der Waals surface area contributed by atoms with Gasteiger partial charge in [-0.25, -0.2) is 4.79 Å². The van der Waals surface area contributed by atoms with Gasteiger partial charge in [0.2, 0.25) is 0 Å². The van der Waals surface area contributed by atoms with E-state index in [-0.39, 0.29) is 0 Å². The Morgan fingerprint density at radius 1 is 1.24 bits per heavy atom. The highest BCUT2D eigenvalue weighted by atomic mass is 16.5. The second-order valence-corrected chi connectivity index (χ2v) is 4.68. The van der Waals surface area contributed by atoms with Gasteiger partial charge in [0.05, 0.1) is 13.2 Å². The highest BCUT2D eigenvalue weighted by Gasteiger charge is 2.11. The maximum Gasteiger partial charge on any atom is 0.358 e. The number of hydrogen-bond donors (Lipinski definition) is 1. The third-order valence-electron chi connectivity index (χ3n) is 2.89. The number of para-hydroxylation sites is 1. The zero-order valence-corrected chi connectivity index (χ0v) is 12.2. The van der Waals surface area contributed by atoms with Crippen LogP contribution >= 0.6 is 0 Å². The second kappa shape index (κ2) is 8.09. The summed E-state index contributed by atoms with van der Waals surface area (Å²) in [6.07, 6.45) is 2.53. The minimum atomic E-state index is -0.395. The van der Waals surface area contributed by atoms with Crippen LogP contribution in [0.5, 0.6) is 5.75 Å². The lowest BCUT2D eigenvalue weighted by molar-refractivity contribution is 0.0479. The van der Waals surface area contributed by atoms with Gasteiger partial charge in [0.25, 0.3) is 0 Å². The molecule has 2 rings (SSSR count). The minimum Gasteiger partial charge on any atom is -0.493 e. The molecule has 0 spiro atoms. The van der Waals surface area contributed by atoms with E-state index in [0.29, 0.717) is 25.3 Å². The molecule has 5 heteroatoms. The van der Waals surface area contributed by atoms with E-state index in [0.717, 1.165) is 24.3 Å². The Bertz CT molecular complexity index is 552. The first-order valence-electron chi connectivity index (χ1n) is 7.19. The van der Waals surface area contributed by atoms with E-state index >= 15 is 0 Å². The summed E-state index contributed by atoms with van der Waals surface area (Å²) in [5.41, 5.74) is 1.29. The normalized spacial score (nSPS) is 10.3. The first-order chi connectivity index (χ1) is 10.3. The highest BCUT2D eigenvalue weighted by molar-refractivity contribution is 5.87. The van der Waals surface area contributed by atoms with E-state index in [2.05, 4.69) is 17.1 Å². The Morgan fingerprint density at radius 3 is 2.81 bits per heavy atom. The van der Waals surface area contributed by atoms with Gasteiger partial charge in [0.15, 0.2) is 5.69 Å². The van der Waals surface area contributed by atoms with Crippen LogP contribution in [0.3, 0.4) is 0 Å². The van der Waals surface area contributed by atoms with Gasteiger partial charge >= 0.3 is 5.97 Å². The Kier molecular flexibility index (Phi) is 5.82. The molecule has 0 saturated heterocycles. The quantitative estimate of drug-likeness (QED) is 0.599. The van der Waals surface area contributed by atoms with Crippen molar-refractivity contribution in [2.45, 2.75) is 26.2 Å². The molecule has 5 nitrogen and oxygen atoms in total. The zero-order chi connectivity index (χ0) is 14.9. The van der Waals surface area contributed by atoms with E-state index < -0.39 is 5.97 Å². The van der Waals surface area contributed by atoms with Crippen molar-refractivity contribution in [2.24, 2.45) is 0 Å². The number of aromatic amines is 1. The summed E-state index contributed by atoms with van der Waals surface area (Å²) in [5.74, 6) is 0.425. The summed E-state index contributed by atoms with van der Waals surface area (Å²) >= 11 is 0. The van der Waals surface area contributed by atoms with Crippen LogP contribution in [0.2, 0.25) is 0 Å². The lowest BCUT2D eigenvalue weighted by Crippen LogP contribution is -2.09. The van der Waals surface area contributed by atoms with Crippen molar-refractivity contribution in [1.29, 1.82) is 0 Å². The Morgan fingerprint density at radius 2 is 2.05 bits per heavy atom. The molecular weight excluding hydrogens is 268 g/mol. The van der Waals surface area contributed by atoms with Gasteiger partial charge in [-0.05, 0) is 24.6 Å². The monoisotopic (exact) mass is 288 g/mol. The van der Waals surface area contributed by atoms with Crippen molar-refractivity contribution in [3.63, 3.8) is 0 Å². The fourth-order valence-electron chi connectivity index (χ4n) is 1.87. The Hall–Kier alpha value is -2.30. The van der Waals surface area contributed by atoms with Gasteiger partial charge in [0.1, 0.15) is 5.75 Å². The van der Waals surface area contributed by atoms with E-state index in [1.165, 1.54) is 0 Å². The van der Waals surface area contributed by atoms with Crippen LogP contribution in [0.1, 0.15) is 35.9 Å². The number of rotatable bonds is 8. The maximum absolute atomic E-state index is 11.7. The molecule has 0 aliphatic heterocycles. The molecule has 112 valence electrons. The van der Waals surface area contributed by atoms with Crippen LogP contribution in [-0.4, -0.2) is 29.4 Å². The topological polar surface area (TPSA) is 64.2 Å². The smallest absolute Gasteiger partial charge is 0.358 e. The van der Waals surface area contributed by atoms with Crippen molar-refractivity contribution < 1.29 is 14.3 Å². The number of esters is 1. The van der Waals surface area contributed by atoms with Crippen LogP contribution in [0.25, 0.3) is 0 Å². The molecule has 2 aromatic rings. The number of carbonyl (C=O) groups is 1. The molecule has 0 aliphatic carbocycles. The molecule has 1 heterocycles. The predicted octanol–water partition coefficient (Wildman–Crippen LogP) is 2.99. The number of nitrogens with one attached hydrogen (secondary N) is 1. The summed E-state index contributed by atoms with van der Waals surface area (Å²) in [6.45, 7) is 2.91. The largest absolute Gasteiger partial charge is 0.493 e. The van der Waals surface area contributed by atoms with Gasteiger partial charge in [-0.2, -0.15) is 5.10 Å². The number of nitrogens with zero attached hydrogens (tertiary/aromatic N) is 1. The van der Waals surface area contributed by atoms with E-state index in [1.54, 1.807) is 6.07 Å². The lowest BCUT2D eigenvalue weighted by atomic mass is 10.2. The first-order valence-corrected chi connectivity index (χ1v) is 7.19. The third-order valence-corrected chi connectivity index (χ3v) is 2.89. The number of aromatic nitrogens is 2. The molecule has 1 aromatic heterocycles. The maximum atomic E-state index is 11.7. The molecule has 0 radical (unpaired) electrons. The molecule has 0 atom stereocenters. The van der Waals surface area contributed by atoms with E-state index in [4.69, 9.17) is 9.47 Å². The van der Waals surface area contributed by atoms with Crippen molar-refractivity contribution in [2.75, 3.05) is 13.2 Å². The summed E-state index contributed by atoms with van der Waals surface area (Å²) in [6, 6.07) is 11.3. The van der Waals surface area contributed by atoms with Crippen molar-refractivity contribution in [1.82, 2.24) is 10.2 Å². The lowest BCUT2D eigenvalue weighted by Gasteiger charge is -2.06. The molecule has 0 fully saturated rings. The molecule has 0 amide bonds. The number of aryl methyl sites for hydroxylation is 1. The van der Waals surface area contributed by atoms with Crippen LogP contribution in [0.4, 0.5) is 0 Å². The molecule has 1 aromatic carbocycles. The summed E-state index contributed by atoms with van der Waals surface area (Å²) in [5, 5.41) is 6.79. The van der Waals surface area contributed by atoms with Gasteiger partial charge < -0.3 is 9.47 Å². The van der Waals surface area contributed by atoms with Crippen molar-refractivity contribution in [3.05, 3.63) is 47.8 Å². The highest BCUT2D eigenvalue weighted by Crippen LogP contribution is 2.08. The van der Waals surface area contributed by atoms with Gasteiger partial charge in [-0.15, -0.1) is 0 Å². The molecule has 0 aliphatic rings. The predicted molar refractivity (Wildman–Crippen MR) is 79.4 cm³/mol. The fourth-order valence-corrected chi connectivity index (χ4v) is 1.87. The number of benzene rings is 1. The fraction of sp³-hybridized carbons (Fsp3) is 0.375. The van der Waals surface area contributed by atoms with Crippen LogP contribution in [0, 0.1) is 0 Å². The van der Waals surface area contributed by atoms with Crippen molar-refractivity contribution >= 4 is 5.97 Å². The van der Waals surface area contributed by atoms with E-state index in [1.807, 2.05) is 30.3 Å². The third kappa shape index (κ3) is 4.95. The summed E-state index contributed by atoms with van der Waals surface area (Å²) < 4.78 is 10.7. The number of ether oxygens (including phenoxy) is 2. The van der Waals surface area contributed by atoms with Crippen molar-refractivity contribution in [3.8, 4) is 5.75 Å². The SMILES string of the molecule is CCCc1cc(C(=O)OCCCOc2ccccc2)n[nH]1. The number of hydrogen-bond acceptors (Lipinski definition) is 4. The van der Waals surface area contributed by atoms with Gasteiger partial charge in [0, 0.05) is 12.1 Å². The molecule has 1 N–H and O–H groups in total. The zero-order valence-electron chi connectivity index (χ0n) is 12.2. The van der Waals surface area contributed by atoms with Crippen LogP contribution < -0.4 is 4.74 Å². The van der Waals surface area contributed by atoms with Crippen LogP contribution in [0.15, 0.2) is 36.4 Å². The molecular formula is C16H20N2O3. The van der Waals surface area contributed by atoms with E-state index in [9.17, 15) is 4.79 Å². The average Bonchev–Trinajstić information content (AvgIpc) is 2.97. The number of H-pyrrole nitrogens is 1. The molecule has 0 unspecified atom stereocenters. The molecule has 0 saturated carbocycles. The summed E-state index contributed by atoms with van der Waals surface area (Å²) in [4.78, 5) is 11.7. The van der Waals surface area contributed by atoms with Crippen LogP contribution in [-0.2, 0) is 11.2 Å². The van der Waals surface area contributed by atoms with Gasteiger partial charge in [-0.1, -0.05) is 31.5 Å². The molecule has 0 bridgehead atoms.